The average molecular weight is 1810 g/mol. The molecule has 3 aromatic carbocycles. The van der Waals surface area contributed by atoms with E-state index in [-0.39, 0.29) is 0 Å². The molecule has 0 bridgehead atoms. The van der Waals surface area contributed by atoms with Crippen LogP contribution in [0.2, 0.25) is 0 Å². The lowest BCUT2D eigenvalue weighted by Gasteiger charge is -2.17. The van der Waals surface area contributed by atoms with Crippen molar-refractivity contribution in [2.75, 3.05) is 0 Å². The summed E-state index contributed by atoms with van der Waals surface area (Å²) in [7, 11) is -1.54. The van der Waals surface area contributed by atoms with Gasteiger partial charge in [0.05, 0.1) is 28.5 Å². The molecule has 17 rings (SSSR count). The highest BCUT2D eigenvalue weighted by molar-refractivity contribution is 14.1. The molecule has 0 saturated carbocycles. The monoisotopic (exact) mass is 1810 g/mol. The van der Waals surface area contributed by atoms with Crippen LogP contribution in [0.4, 0.5) is 0 Å². The van der Waals surface area contributed by atoms with Gasteiger partial charge in [0.25, 0.3) is 0 Å². The highest BCUT2D eigenvalue weighted by atomic mass is 127. The molecule has 0 aliphatic carbocycles. The van der Waals surface area contributed by atoms with Crippen LogP contribution in [0.25, 0.3) is 77.5 Å². The van der Waals surface area contributed by atoms with Gasteiger partial charge in [-0.25, -0.2) is 15.0 Å². The molecule has 0 unspecified atom stereocenters. The maximum Gasteiger partial charge on any atom is 0.488 e. The summed E-state index contributed by atoms with van der Waals surface area (Å²) in [5.41, 5.74) is 26.2. The van der Waals surface area contributed by atoms with E-state index in [0.717, 1.165) is 151 Å². The van der Waals surface area contributed by atoms with Crippen molar-refractivity contribution in [1.29, 1.82) is 0 Å². The summed E-state index contributed by atoms with van der Waals surface area (Å²) < 4.78 is 15.2. The van der Waals surface area contributed by atoms with Crippen molar-refractivity contribution in [3.63, 3.8) is 0 Å². The van der Waals surface area contributed by atoms with Gasteiger partial charge in [0, 0.05) is 118 Å². The summed E-state index contributed by atoms with van der Waals surface area (Å²) in [6.45, 7) is 24.9. The van der Waals surface area contributed by atoms with Crippen LogP contribution in [0.5, 0.6) is 0 Å². The highest BCUT2D eigenvalue weighted by Crippen LogP contribution is 2.34. The van der Waals surface area contributed by atoms with Crippen LogP contribution in [0.3, 0.4) is 0 Å². The Bertz CT molecular complexity index is 5820. The Morgan fingerprint density at radius 3 is 0.818 bits per heavy atom. The molecule has 0 aliphatic rings. The zero-order valence-electron chi connectivity index (χ0n) is 69.9. The molecule has 0 atom stereocenters. The van der Waals surface area contributed by atoms with Gasteiger partial charge in [-0.1, -0.05) is 121 Å². The smallest absolute Gasteiger partial charge is 0.423 e. The van der Waals surface area contributed by atoms with E-state index in [1.54, 1.807) is 18.3 Å². The third-order valence-electron chi connectivity index (χ3n) is 20.3. The third-order valence-corrected chi connectivity index (χ3v) is 22.1. The average Bonchev–Trinajstić information content (AvgIpc) is 1.76. The standard InChI is InChI=1S/C30H28N4.C29H27N5.C17H20BN3O2.2C13H10IN/c1-21-13-14-22(2)33(21)29-19-26(20-30(32-29)34-23(3)15-16-24(34)4)27(28-12-8-9-17-31-28)18-25-10-6-5-7-11-25;1-20-11-12-21(2)33(20)28-17-24(18-29(32-28)34-22(3)13-14-23(34)4)26(27-10-6-8-16-31-27)19-25-9-5-7-15-30-25;1-11-5-6-12(2)20(11)16-9-15(18(22)23)10-17(19-16)21-13(3)7-8-14(21)4;14-13(11-6-2-1-3-7-11)10-12-8-4-5-9-15-12;14-12(13-8-4-5-9-15-13)10-11-6-2-1-3-7-11/h5-20H,1-4H3;5-19H,1-4H3;5-10,22-23H,1-4H3;2*1-10H/b27-18-;26-19-;;13-10+;12-10+. The lowest BCUT2D eigenvalue weighted by atomic mass is 9.81. The van der Waals surface area contributed by atoms with E-state index in [2.05, 4.69) is 290 Å². The zero-order chi connectivity index (χ0) is 85.1. The van der Waals surface area contributed by atoms with Gasteiger partial charge >= 0.3 is 7.12 Å². The first-order valence-corrected chi connectivity index (χ1v) is 42.0. The van der Waals surface area contributed by atoms with Crippen LogP contribution in [0.15, 0.2) is 322 Å². The largest absolute Gasteiger partial charge is 0.488 e. The summed E-state index contributed by atoms with van der Waals surface area (Å²) in [5.74, 6) is 4.91. The van der Waals surface area contributed by atoms with Crippen molar-refractivity contribution < 1.29 is 10.0 Å². The van der Waals surface area contributed by atoms with Gasteiger partial charge in [-0.2, -0.15) is 0 Å². The molecule has 0 radical (unpaired) electrons. The Hall–Kier alpha value is -13.1. The molecule has 121 heavy (non-hydrogen) atoms. The lowest BCUT2D eigenvalue weighted by Crippen LogP contribution is -2.31. The highest BCUT2D eigenvalue weighted by Gasteiger charge is 2.22. The fourth-order valence-electron chi connectivity index (χ4n) is 14.4. The van der Waals surface area contributed by atoms with Crippen molar-refractivity contribution in [3.8, 4) is 34.9 Å². The van der Waals surface area contributed by atoms with Crippen molar-refractivity contribution in [1.82, 2.24) is 67.3 Å². The van der Waals surface area contributed by atoms with Crippen LogP contribution in [0.1, 0.15) is 125 Å². The number of aryl methyl sites for hydroxylation is 12. The minimum Gasteiger partial charge on any atom is -0.423 e. The molecule has 14 heterocycles. The second-order valence-corrected chi connectivity index (χ2v) is 31.6. The van der Waals surface area contributed by atoms with E-state index in [1.165, 1.54) is 14.7 Å². The van der Waals surface area contributed by atoms with Crippen LogP contribution in [-0.2, 0) is 0 Å². The van der Waals surface area contributed by atoms with E-state index in [4.69, 9.17) is 19.9 Å². The minimum atomic E-state index is -1.54. The van der Waals surface area contributed by atoms with Gasteiger partial charge in [-0.05, 0) is 356 Å². The molecule has 0 spiro atoms. The van der Waals surface area contributed by atoms with Crippen LogP contribution in [-0.4, -0.2) is 84.4 Å². The van der Waals surface area contributed by atoms with Crippen molar-refractivity contribution in [2.45, 2.75) is 83.1 Å². The maximum atomic E-state index is 9.65. The summed E-state index contributed by atoms with van der Waals surface area (Å²) >= 11 is 4.64. The molecule has 602 valence electrons. The van der Waals surface area contributed by atoms with E-state index in [1.807, 2.05) is 213 Å². The Kier molecular flexibility index (Phi) is 28.8. The SMILES string of the molecule is Cc1ccc(C)n1-c1cc(/C(=C/c2ccccc2)c2ccccn2)cc(-n2c(C)ccc2C)n1.Cc1ccc(C)n1-c1cc(/C(=C/c2ccccn2)c2ccccn2)cc(-n2c(C)ccc2C)n1.Cc1ccc(C)n1-c1cc(B(O)O)cc(-n2c(C)ccc2C)n1.I/C(=C/c1ccccc1)c1ccccn1.I/C(=C/c1ccccn1)c1ccccc1. The van der Waals surface area contributed by atoms with Crippen LogP contribution >= 0.6 is 45.2 Å². The number of benzene rings is 3. The topological polar surface area (TPSA) is 173 Å². The van der Waals surface area contributed by atoms with Gasteiger partial charge in [0.1, 0.15) is 34.9 Å². The molecule has 0 aliphatic heterocycles. The number of rotatable bonds is 17. The summed E-state index contributed by atoms with van der Waals surface area (Å²) in [6.07, 6.45) is 17.6. The van der Waals surface area contributed by atoms with Crippen molar-refractivity contribution in [3.05, 3.63) is 447 Å². The predicted octanol–water partition coefficient (Wildman–Crippen LogP) is 22.8. The number of hydrogen-bond donors (Lipinski definition) is 2. The van der Waals surface area contributed by atoms with Gasteiger partial charge in [0.2, 0.25) is 0 Å². The van der Waals surface area contributed by atoms with Gasteiger partial charge < -0.3 is 37.5 Å². The Labute approximate surface area is 736 Å². The first-order valence-electron chi connectivity index (χ1n) is 39.9. The predicted molar refractivity (Wildman–Crippen MR) is 514 cm³/mol. The first kappa shape index (κ1) is 85.8. The molecule has 0 saturated heterocycles. The number of nitrogens with zero attached hydrogens (tertiary/aromatic N) is 14. The molecular weight excluding hydrogens is 1720 g/mol. The first-order chi connectivity index (χ1) is 58.6. The Morgan fingerprint density at radius 2 is 0.521 bits per heavy atom. The van der Waals surface area contributed by atoms with Crippen LogP contribution < -0.4 is 5.46 Å². The fraction of sp³-hybridized carbons (Fsp3) is 0.118. The second-order valence-electron chi connectivity index (χ2n) is 29.3. The molecule has 17 aromatic rings. The molecule has 0 fully saturated rings. The number of hydrogen-bond acceptors (Lipinski definition) is 10. The summed E-state index contributed by atoms with van der Waals surface area (Å²) in [6, 6.07) is 97.9. The quantitative estimate of drug-likeness (QED) is 0.0660. The van der Waals surface area contributed by atoms with Gasteiger partial charge in [0.15, 0.2) is 0 Å². The number of pyridine rings is 8. The Morgan fingerprint density at radius 1 is 0.256 bits per heavy atom. The summed E-state index contributed by atoms with van der Waals surface area (Å²) in [5, 5.41) is 19.3. The third kappa shape index (κ3) is 21.7. The second kappa shape index (κ2) is 40.6. The number of halogens is 2. The van der Waals surface area contributed by atoms with Crippen molar-refractivity contribution in [2.24, 2.45) is 0 Å². The molecule has 2 N–H and O–H groups in total. The van der Waals surface area contributed by atoms with E-state index >= 15 is 0 Å². The molecule has 19 heteroatoms. The zero-order valence-corrected chi connectivity index (χ0v) is 74.2. The minimum absolute atomic E-state index is 0.421. The molecular formula is C102H95BI2N14O2. The summed E-state index contributed by atoms with van der Waals surface area (Å²) in [4.78, 5) is 37.5. The normalized spacial score (nSPS) is 11.5. The maximum absolute atomic E-state index is 9.65. The van der Waals surface area contributed by atoms with E-state index in [9.17, 15) is 10.0 Å². The van der Waals surface area contributed by atoms with E-state index in [0.29, 0.717) is 17.1 Å². The Balaban J connectivity index is 0.000000136. The molecule has 16 nitrogen and oxygen atoms in total. The lowest BCUT2D eigenvalue weighted by molar-refractivity contribution is 0.425. The van der Waals surface area contributed by atoms with Gasteiger partial charge in [-0.15, -0.1) is 0 Å². The molecule has 14 aromatic heterocycles. The van der Waals surface area contributed by atoms with E-state index < -0.39 is 7.12 Å². The van der Waals surface area contributed by atoms with Crippen LogP contribution in [0, 0.1) is 83.1 Å². The molecule has 0 amide bonds. The van der Waals surface area contributed by atoms with Crippen molar-refractivity contribution >= 4 is 100 Å². The number of aromatic nitrogens is 14. The fourth-order valence-corrected chi connectivity index (χ4v) is 15.7. The van der Waals surface area contributed by atoms with Gasteiger partial charge in [-0.3, -0.25) is 24.9 Å².